The highest BCUT2D eigenvalue weighted by Gasteiger charge is 2.34. The van der Waals surface area contributed by atoms with Crippen LogP contribution in [-0.4, -0.2) is 29.3 Å². The van der Waals surface area contributed by atoms with Crippen LogP contribution in [0.25, 0.3) is 11.0 Å². The molecule has 6 heteroatoms. The second-order valence-electron chi connectivity index (χ2n) is 5.59. The number of likely N-dealkylation sites (tertiary alicyclic amines) is 1. The Labute approximate surface area is 126 Å². The first kappa shape index (κ1) is 14.6. The minimum Gasteiger partial charge on any atom is -0.448 e. The van der Waals surface area contributed by atoms with E-state index in [9.17, 15) is 14.0 Å². The number of amides is 2. The lowest BCUT2D eigenvalue weighted by Crippen LogP contribution is -2.50. The Kier molecular flexibility index (Phi) is 3.60. The van der Waals surface area contributed by atoms with Gasteiger partial charge in [-0.1, -0.05) is 12.1 Å². The number of carbonyl (C=O) groups excluding carboxylic acids is 2. The molecule has 0 radical (unpaired) electrons. The molecule has 1 unspecified atom stereocenters. The van der Waals surface area contributed by atoms with Crippen LogP contribution in [0.2, 0.25) is 0 Å². The molecule has 2 amide bonds. The molecule has 0 saturated carbocycles. The minimum atomic E-state index is -0.626. The van der Waals surface area contributed by atoms with Gasteiger partial charge in [-0.3, -0.25) is 9.59 Å². The molecule has 1 aromatic carbocycles. The molecule has 1 aliphatic heterocycles. The van der Waals surface area contributed by atoms with E-state index in [0.717, 1.165) is 12.8 Å². The Bertz CT molecular complexity index is 753. The zero-order valence-electron chi connectivity index (χ0n) is 12.3. The fourth-order valence-corrected chi connectivity index (χ4v) is 3.01. The first-order valence-corrected chi connectivity index (χ1v) is 7.28. The Morgan fingerprint density at radius 3 is 2.82 bits per heavy atom. The van der Waals surface area contributed by atoms with E-state index in [1.54, 1.807) is 19.1 Å². The number of nitrogens with two attached hydrogens (primary N) is 1. The summed E-state index contributed by atoms with van der Waals surface area (Å²) in [4.78, 5) is 25.7. The molecule has 1 saturated heterocycles. The van der Waals surface area contributed by atoms with Gasteiger partial charge in [0.05, 0.1) is 0 Å². The SMILES string of the molecule is Cc1c(C(=O)N2CCCCC2C(N)=O)oc2c(F)cccc12. The normalized spacial score (nSPS) is 18.6. The van der Waals surface area contributed by atoms with E-state index in [1.807, 2.05) is 0 Å². The van der Waals surface area contributed by atoms with Crippen molar-refractivity contribution in [1.29, 1.82) is 0 Å². The maximum atomic E-state index is 13.8. The molecule has 1 atom stereocenters. The molecular formula is C16H17FN2O3. The van der Waals surface area contributed by atoms with E-state index in [2.05, 4.69) is 0 Å². The Morgan fingerprint density at radius 2 is 2.14 bits per heavy atom. The number of primary amides is 1. The molecule has 3 rings (SSSR count). The molecule has 1 aromatic heterocycles. The van der Waals surface area contributed by atoms with Crippen molar-refractivity contribution < 1.29 is 18.4 Å². The van der Waals surface area contributed by atoms with Crippen molar-refractivity contribution in [1.82, 2.24) is 4.90 Å². The summed E-state index contributed by atoms with van der Waals surface area (Å²) in [5.41, 5.74) is 6.03. The third-order valence-electron chi connectivity index (χ3n) is 4.20. The topological polar surface area (TPSA) is 76.5 Å². The van der Waals surface area contributed by atoms with Crippen molar-refractivity contribution >= 4 is 22.8 Å². The van der Waals surface area contributed by atoms with Gasteiger partial charge in [-0.25, -0.2) is 4.39 Å². The van der Waals surface area contributed by atoms with Gasteiger partial charge >= 0.3 is 0 Å². The summed E-state index contributed by atoms with van der Waals surface area (Å²) in [5.74, 6) is -1.36. The van der Waals surface area contributed by atoms with E-state index < -0.39 is 23.7 Å². The third-order valence-corrected chi connectivity index (χ3v) is 4.20. The van der Waals surface area contributed by atoms with Gasteiger partial charge in [0, 0.05) is 17.5 Å². The van der Waals surface area contributed by atoms with Crippen LogP contribution < -0.4 is 5.73 Å². The molecule has 0 bridgehead atoms. The lowest BCUT2D eigenvalue weighted by atomic mass is 10.0. The van der Waals surface area contributed by atoms with Gasteiger partial charge in [-0.2, -0.15) is 0 Å². The van der Waals surface area contributed by atoms with E-state index in [0.29, 0.717) is 23.9 Å². The highest BCUT2D eigenvalue weighted by molar-refractivity contribution is 6.01. The van der Waals surface area contributed by atoms with E-state index in [1.165, 1.54) is 11.0 Å². The van der Waals surface area contributed by atoms with Crippen LogP contribution >= 0.6 is 0 Å². The minimum absolute atomic E-state index is 0.0657. The molecule has 22 heavy (non-hydrogen) atoms. The molecular weight excluding hydrogens is 287 g/mol. The first-order chi connectivity index (χ1) is 10.5. The molecule has 2 N–H and O–H groups in total. The summed E-state index contributed by atoms with van der Waals surface area (Å²) >= 11 is 0. The summed E-state index contributed by atoms with van der Waals surface area (Å²) in [6.07, 6.45) is 2.21. The van der Waals surface area contributed by atoms with E-state index in [4.69, 9.17) is 10.2 Å². The average Bonchev–Trinajstić information content (AvgIpc) is 2.85. The number of furan rings is 1. The highest BCUT2D eigenvalue weighted by Crippen LogP contribution is 2.29. The van der Waals surface area contributed by atoms with E-state index in [-0.39, 0.29) is 11.3 Å². The smallest absolute Gasteiger partial charge is 0.290 e. The van der Waals surface area contributed by atoms with Crippen molar-refractivity contribution in [2.24, 2.45) is 5.73 Å². The summed E-state index contributed by atoms with van der Waals surface area (Å²) in [7, 11) is 0. The van der Waals surface area contributed by atoms with Crippen LogP contribution in [0, 0.1) is 12.7 Å². The molecule has 2 aromatic rings. The second kappa shape index (κ2) is 5.44. The summed E-state index contributed by atoms with van der Waals surface area (Å²) < 4.78 is 19.3. The predicted molar refractivity (Wildman–Crippen MR) is 78.8 cm³/mol. The quantitative estimate of drug-likeness (QED) is 0.925. The zero-order chi connectivity index (χ0) is 15.9. The number of para-hydroxylation sites is 1. The molecule has 5 nitrogen and oxygen atoms in total. The highest BCUT2D eigenvalue weighted by atomic mass is 19.1. The summed E-state index contributed by atoms with van der Waals surface area (Å²) in [6, 6.07) is 3.93. The standard InChI is InChI=1S/C16H17FN2O3/c1-9-10-5-4-6-11(17)14(10)22-13(9)16(21)19-8-3-2-7-12(19)15(18)20/h4-6,12H,2-3,7-8H2,1H3,(H2,18,20). The Morgan fingerprint density at radius 1 is 1.36 bits per heavy atom. The maximum absolute atomic E-state index is 13.8. The zero-order valence-corrected chi connectivity index (χ0v) is 12.3. The van der Waals surface area contributed by atoms with Gasteiger partial charge in [-0.15, -0.1) is 0 Å². The molecule has 1 aliphatic rings. The van der Waals surface area contributed by atoms with Gasteiger partial charge in [-0.05, 0) is 32.3 Å². The number of piperidine rings is 1. The van der Waals surface area contributed by atoms with Crippen molar-refractivity contribution in [3.05, 3.63) is 35.3 Å². The number of hydrogen-bond acceptors (Lipinski definition) is 3. The van der Waals surface area contributed by atoms with Gasteiger partial charge < -0.3 is 15.1 Å². The van der Waals surface area contributed by atoms with Crippen LogP contribution in [-0.2, 0) is 4.79 Å². The van der Waals surface area contributed by atoms with Crippen LogP contribution in [0.5, 0.6) is 0 Å². The maximum Gasteiger partial charge on any atom is 0.290 e. The monoisotopic (exact) mass is 304 g/mol. The molecule has 116 valence electrons. The number of rotatable bonds is 2. The Hall–Kier alpha value is -2.37. The Balaban J connectivity index is 2.03. The molecule has 0 aliphatic carbocycles. The second-order valence-corrected chi connectivity index (χ2v) is 5.59. The number of aryl methyl sites for hydroxylation is 1. The van der Waals surface area contributed by atoms with Crippen LogP contribution in [0.15, 0.2) is 22.6 Å². The number of nitrogens with zero attached hydrogens (tertiary/aromatic N) is 1. The van der Waals surface area contributed by atoms with Crippen LogP contribution in [0.1, 0.15) is 35.4 Å². The van der Waals surface area contributed by atoms with Gasteiger partial charge in [0.25, 0.3) is 5.91 Å². The summed E-state index contributed by atoms with van der Waals surface area (Å²) in [6.45, 7) is 2.16. The van der Waals surface area contributed by atoms with Gasteiger partial charge in [0.2, 0.25) is 5.91 Å². The van der Waals surface area contributed by atoms with Crippen LogP contribution in [0.3, 0.4) is 0 Å². The largest absolute Gasteiger partial charge is 0.448 e. The summed E-state index contributed by atoms with van der Waals surface area (Å²) in [5, 5.41) is 0.566. The third kappa shape index (κ3) is 2.24. The van der Waals surface area contributed by atoms with Gasteiger partial charge in [0.1, 0.15) is 6.04 Å². The van der Waals surface area contributed by atoms with E-state index >= 15 is 0 Å². The molecule has 2 heterocycles. The number of benzene rings is 1. The first-order valence-electron chi connectivity index (χ1n) is 7.28. The molecule has 1 fully saturated rings. The van der Waals surface area contributed by atoms with Crippen molar-refractivity contribution in [3.63, 3.8) is 0 Å². The van der Waals surface area contributed by atoms with Crippen molar-refractivity contribution in [3.8, 4) is 0 Å². The van der Waals surface area contributed by atoms with Crippen molar-refractivity contribution in [2.45, 2.75) is 32.2 Å². The number of fused-ring (bicyclic) bond motifs is 1. The molecule has 0 spiro atoms. The average molecular weight is 304 g/mol. The lowest BCUT2D eigenvalue weighted by molar-refractivity contribution is -0.123. The number of hydrogen-bond donors (Lipinski definition) is 1. The predicted octanol–water partition coefficient (Wildman–Crippen LogP) is 2.36. The fraction of sp³-hybridized carbons (Fsp3) is 0.375. The fourth-order valence-electron chi connectivity index (χ4n) is 3.01. The van der Waals surface area contributed by atoms with Crippen molar-refractivity contribution in [2.75, 3.05) is 6.54 Å². The van der Waals surface area contributed by atoms with Crippen LogP contribution in [0.4, 0.5) is 4.39 Å². The number of halogens is 1. The lowest BCUT2D eigenvalue weighted by Gasteiger charge is -2.33. The number of carbonyl (C=O) groups is 2. The van der Waals surface area contributed by atoms with Gasteiger partial charge in [0.15, 0.2) is 17.2 Å².